The average molecular weight is 514 g/mol. The maximum Gasteiger partial charge on any atom is 0.338 e. The van der Waals surface area contributed by atoms with Crippen molar-refractivity contribution in [1.82, 2.24) is 4.90 Å². The molecule has 1 N–H and O–H groups in total. The van der Waals surface area contributed by atoms with Crippen LogP contribution in [0, 0.1) is 0 Å². The lowest BCUT2D eigenvalue weighted by molar-refractivity contribution is -0.126. The van der Waals surface area contributed by atoms with Gasteiger partial charge in [0.2, 0.25) is 5.91 Å². The van der Waals surface area contributed by atoms with Gasteiger partial charge in [0.15, 0.2) is 0 Å². The number of hydrogen-bond donors (Lipinski definition) is 1. The number of esters is 1. The highest BCUT2D eigenvalue weighted by atomic mass is 35.5. The molecule has 36 heavy (non-hydrogen) atoms. The molecule has 1 amide bonds. The van der Waals surface area contributed by atoms with Gasteiger partial charge in [-0.3, -0.25) is 4.79 Å². The zero-order valence-corrected chi connectivity index (χ0v) is 23.4. The lowest BCUT2D eigenvalue weighted by atomic mass is 9.78. The van der Waals surface area contributed by atoms with E-state index in [4.69, 9.17) is 16.3 Å². The molecule has 0 bridgehead atoms. The highest BCUT2D eigenvalue weighted by Crippen LogP contribution is 2.40. The monoisotopic (exact) mass is 513 g/mol. The Bertz CT molecular complexity index is 1040. The Hall–Kier alpha value is -2.79. The van der Waals surface area contributed by atoms with Crippen LogP contribution in [-0.2, 0) is 20.4 Å². The van der Waals surface area contributed by atoms with Crippen LogP contribution < -0.4 is 0 Å². The summed E-state index contributed by atoms with van der Waals surface area (Å²) in [7, 11) is 0. The van der Waals surface area contributed by atoms with Crippen LogP contribution in [0.25, 0.3) is 6.08 Å². The molecule has 196 valence electrons. The van der Waals surface area contributed by atoms with Gasteiger partial charge in [-0.1, -0.05) is 66.5 Å². The van der Waals surface area contributed by atoms with Gasteiger partial charge < -0.3 is 14.7 Å². The van der Waals surface area contributed by atoms with Crippen molar-refractivity contribution >= 4 is 29.6 Å². The highest BCUT2D eigenvalue weighted by molar-refractivity contribution is 6.30. The molecule has 0 saturated heterocycles. The zero-order valence-electron chi connectivity index (χ0n) is 22.7. The summed E-state index contributed by atoms with van der Waals surface area (Å²) < 4.78 is 5.38. The van der Waals surface area contributed by atoms with Crippen LogP contribution >= 0.6 is 11.6 Å². The predicted molar refractivity (Wildman–Crippen MR) is 148 cm³/mol. The number of carbonyl (C=O) groups is 2. The number of ether oxygens (including phenoxy) is 1. The van der Waals surface area contributed by atoms with Crippen LogP contribution in [0.15, 0.2) is 42.5 Å². The second-order valence-corrected chi connectivity index (χ2v) is 11.6. The molecule has 0 aliphatic heterocycles. The lowest BCUT2D eigenvalue weighted by Crippen LogP contribution is -2.34. The number of carbonyl (C=O) groups excluding carboxylic acids is 2. The average Bonchev–Trinajstić information content (AvgIpc) is 2.79. The minimum atomic E-state index is -0.446. The molecule has 0 fully saturated rings. The Kier molecular flexibility index (Phi) is 10.2. The van der Waals surface area contributed by atoms with Gasteiger partial charge in [-0.25, -0.2) is 4.79 Å². The fourth-order valence-corrected chi connectivity index (χ4v) is 3.89. The SMILES string of the molecule is CCCCN(CCOC(=O)c1ccc(Cl)cc1)C(=O)/C=C/c1cc(C(C)(C)C)c(O)c(C(C)(C)C)c1. The Morgan fingerprint density at radius 2 is 1.53 bits per heavy atom. The molecule has 2 aromatic carbocycles. The van der Waals surface area contributed by atoms with E-state index in [0.29, 0.717) is 29.4 Å². The van der Waals surface area contributed by atoms with Crippen LogP contribution in [0.5, 0.6) is 5.75 Å². The Morgan fingerprint density at radius 1 is 0.972 bits per heavy atom. The van der Waals surface area contributed by atoms with E-state index in [9.17, 15) is 14.7 Å². The van der Waals surface area contributed by atoms with E-state index in [1.807, 2.05) is 12.1 Å². The van der Waals surface area contributed by atoms with Gasteiger partial charge in [-0.05, 0) is 65.3 Å². The van der Waals surface area contributed by atoms with Gasteiger partial charge in [0.1, 0.15) is 12.4 Å². The molecule has 2 aromatic rings. The summed E-state index contributed by atoms with van der Waals surface area (Å²) in [5.74, 6) is -0.280. The fraction of sp³-hybridized carbons (Fsp3) is 0.467. The van der Waals surface area contributed by atoms with Crippen LogP contribution in [0.3, 0.4) is 0 Å². The van der Waals surface area contributed by atoms with Crippen molar-refractivity contribution in [2.75, 3.05) is 19.7 Å². The zero-order chi connectivity index (χ0) is 27.1. The van der Waals surface area contributed by atoms with Crippen LogP contribution in [-0.4, -0.2) is 41.6 Å². The highest BCUT2D eigenvalue weighted by Gasteiger charge is 2.26. The third kappa shape index (κ3) is 8.41. The largest absolute Gasteiger partial charge is 0.507 e. The first-order chi connectivity index (χ1) is 16.7. The molecule has 0 unspecified atom stereocenters. The van der Waals surface area contributed by atoms with E-state index < -0.39 is 5.97 Å². The van der Waals surface area contributed by atoms with Gasteiger partial charge in [0.05, 0.1) is 12.1 Å². The van der Waals surface area contributed by atoms with Crippen molar-refractivity contribution in [2.24, 2.45) is 0 Å². The van der Waals surface area contributed by atoms with E-state index in [1.54, 1.807) is 41.3 Å². The summed E-state index contributed by atoms with van der Waals surface area (Å²) in [6, 6.07) is 10.4. The topological polar surface area (TPSA) is 66.8 Å². The summed E-state index contributed by atoms with van der Waals surface area (Å²) in [6.45, 7) is 15.4. The number of benzene rings is 2. The minimum Gasteiger partial charge on any atom is -0.507 e. The standard InChI is InChI=1S/C30H40ClNO4/c1-8-9-16-32(17-18-36-28(35)22-11-13-23(31)14-12-22)26(33)15-10-21-19-24(29(2,3)4)27(34)25(20-21)30(5,6)7/h10-15,19-20,34H,8-9,16-18H2,1-7H3/b15-10+. The summed E-state index contributed by atoms with van der Waals surface area (Å²) in [5.41, 5.74) is 2.47. The Morgan fingerprint density at radius 3 is 2.03 bits per heavy atom. The van der Waals surface area contributed by atoms with Gasteiger partial charge in [0, 0.05) is 28.8 Å². The molecule has 2 rings (SSSR count). The molecular weight excluding hydrogens is 474 g/mol. The number of nitrogens with zero attached hydrogens (tertiary/aromatic N) is 1. The van der Waals surface area contributed by atoms with Crippen molar-refractivity contribution in [3.05, 3.63) is 69.8 Å². The smallest absolute Gasteiger partial charge is 0.338 e. The van der Waals surface area contributed by atoms with Crippen molar-refractivity contribution in [3.63, 3.8) is 0 Å². The third-order valence-corrected chi connectivity index (χ3v) is 6.19. The molecule has 0 aromatic heterocycles. The quantitative estimate of drug-likeness (QED) is 0.286. The molecule has 0 saturated carbocycles. The van der Waals surface area contributed by atoms with E-state index in [0.717, 1.165) is 29.5 Å². The van der Waals surface area contributed by atoms with Gasteiger partial charge in [-0.2, -0.15) is 0 Å². The first-order valence-corrected chi connectivity index (χ1v) is 12.9. The lowest BCUT2D eigenvalue weighted by Gasteiger charge is -2.28. The second-order valence-electron chi connectivity index (χ2n) is 11.1. The summed E-state index contributed by atoms with van der Waals surface area (Å²) in [4.78, 5) is 27.1. The van der Waals surface area contributed by atoms with E-state index in [-0.39, 0.29) is 23.3 Å². The molecule has 0 aliphatic carbocycles. The van der Waals surface area contributed by atoms with Crippen LogP contribution in [0.1, 0.15) is 88.4 Å². The first kappa shape index (κ1) is 29.4. The Labute approximate surface area is 221 Å². The summed E-state index contributed by atoms with van der Waals surface area (Å²) in [5, 5.41) is 11.5. The number of unbranched alkanes of at least 4 members (excludes halogenated alkanes) is 1. The molecular formula is C30H40ClNO4. The first-order valence-electron chi connectivity index (χ1n) is 12.5. The summed E-state index contributed by atoms with van der Waals surface area (Å²) in [6.07, 6.45) is 5.15. The fourth-order valence-electron chi connectivity index (χ4n) is 3.77. The van der Waals surface area contributed by atoms with Crippen molar-refractivity contribution in [2.45, 2.75) is 72.1 Å². The number of halogens is 1. The van der Waals surface area contributed by atoms with Gasteiger partial charge in [0.25, 0.3) is 0 Å². The van der Waals surface area contributed by atoms with Crippen molar-refractivity contribution in [1.29, 1.82) is 0 Å². The van der Waals surface area contributed by atoms with E-state index in [1.165, 1.54) is 0 Å². The minimum absolute atomic E-state index is 0.103. The second kappa shape index (κ2) is 12.4. The van der Waals surface area contributed by atoms with E-state index in [2.05, 4.69) is 48.5 Å². The van der Waals surface area contributed by atoms with Gasteiger partial charge >= 0.3 is 5.97 Å². The normalized spacial score (nSPS) is 12.1. The van der Waals surface area contributed by atoms with Crippen LogP contribution in [0.4, 0.5) is 0 Å². The number of hydrogen-bond acceptors (Lipinski definition) is 4. The maximum atomic E-state index is 13.1. The molecule has 0 heterocycles. The third-order valence-electron chi connectivity index (χ3n) is 5.93. The molecule has 0 radical (unpaired) electrons. The number of phenols is 1. The van der Waals surface area contributed by atoms with E-state index >= 15 is 0 Å². The molecule has 0 atom stereocenters. The number of amides is 1. The molecule has 0 spiro atoms. The van der Waals surface area contributed by atoms with Crippen molar-refractivity contribution in [3.8, 4) is 5.75 Å². The number of rotatable bonds is 9. The molecule has 6 heteroatoms. The number of aromatic hydroxyl groups is 1. The Balaban J connectivity index is 2.18. The summed E-state index contributed by atoms with van der Waals surface area (Å²) >= 11 is 5.87. The van der Waals surface area contributed by atoms with Crippen molar-refractivity contribution < 1.29 is 19.4 Å². The number of phenolic OH excluding ortho intramolecular Hbond substituents is 1. The van der Waals surface area contributed by atoms with Gasteiger partial charge in [-0.15, -0.1) is 0 Å². The predicted octanol–water partition coefficient (Wildman–Crippen LogP) is 7.14. The maximum absolute atomic E-state index is 13.1. The van der Waals surface area contributed by atoms with Crippen LogP contribution in [0.2, 0.25) is 5.02 Å². The molecule has 0 aliphatic rings. The molecule has 5 nitrogen and oxygen atoms in total.